The molecule has 0 spiro atoms. The van der Waals surface area contributed by atoms with Crippen molar-refractivity contribution in [3.8, 4) is 17.6 Å². The highest BCUT2D eigenvalue weighted by Gasteiger charge is 2.20. The summed E-state index contributed by atoms with van der Waals surface area (Å²) in [5.74, 6) is 1.47. The molecule has 0 unspecified atom stereocenters. The number of benzene rings is 1. The van der Waals surface area contributed by atoms with Crippen LogP contribution in [0.3, 0.4) is 0 Å². The highest BCUT2D eigenvalue weighted by atomic mass is 35.5. The van der Waals surface area contributed by atoms with Crippen molar-refractivity contribution in [2.75, 3.05) is 19.6 Å². The second-order valence-electron chi connectivity index (χ2n) is 2.87. The van der Waals surface area contributed by atoms with Gasteiger partial charge < -0.3 is 9.47 Å². The number of carbonyl (C=O) groups is 1. The molecular formula is C11H10ClNO3. The fourth-order valence-corrected chi connectivity index (χ4v) is 1.20. The number of rotatable bonds is 1. The van der Waals surface area contributed by atoms with Gasteiger partial charge in [0.25, 0.3) is 0 Å². The number of hydrogen-bond acceptors (Lipinski definition) is 4. The van der Waals surface area contributed by atoms with Crippen molar-refractivity contribution in [2.45, 2.75) is 0 Å². The van der Waals surface area contributed by atoms with E-state index >= 15 is 0 Å². The summed E-state index contributed by atoms with van der Waals surface area (Å²) in [6.45, 7) is 0.155. The van der Waals surface area contributed by atoms with E-state index < -0.39 is 0 Å². The minimum absolute atomic E-state index is 0.0349. The predicted molar refractivity (Wildman–Crippen MR) is 59.2 cm³/mol. The number of ketones is 1. The van der Waals surface area contributed by atoms with Crippen LogP contribution in [0, 0.1) is 11.3 Å². The molecule has 0 aliphatic carbocycles. The summed E-state index contributed by atoms with van der Waals surface area (Å²) in [5.41, 5.74) is 0.649. The molecule has 0 atom stereocenters. The van der Waals surface area contributed by atoms with Crippen LogP contribution in [0.2, 0.25) is 0 Å². The van der Waals surface area contributed by atoms with Crippen LogP contribution >= 0.6 is 11.6 Å². The molecule has 16 heavy (non-hydrogen) atoms. The van der Waals surface area contributed by atoms with E-state index in [-0.39, 0.29) is 18.3 Å². The van der Waals surface area contributed by atoms with Crippen molar-refractivity contribution in [3.63, 3.8) is 0 Å². The van der Waals surface area contributed by atoms with E-state index in [1.165, 1.54) is 0 Å². The van der Waals surface area contributed by atoms with Gasteiger partial charge in [-0.2, -0.15) is 5.26 Å². The van der Waals surface area contributed by atoms with Gasteiger partial charge in [0.2, 0.25) is 5.78 Å². The molecular weight excluding hydrogens is 230 g/mol. The largest absolute Gasteiger partial charge is 0.497 e. The maximum atomic E-state index is 11.1. The number of halogens is 1. The number of hydrogen-bond donors (Lipinski definition) is 0. The number of fused-ring (bicyclic) bond motifs is 1. The van der Waals surface area contributed by atoms with E-state index in [4.69, 9.17) is 26.3 Å². The van der Waals surface area contributed by atoms with Crippen LogP contribution in [0.1, 0.15) is 10.4 Å². The monoisotopic (exact) mass is 239 g/mol. The number of carbonyl (C=O) groups excluding carboxylic acids is 1. The molecule has 1 aromatic rings. The van der Waals surface area contributed by atoms with Gasteiger partial charge in [-0.25, -0.2) is 0 Å². The van der Waals surface area contributed by atoms with Gasteiger partial charge in [-0.05, 0) is 12.1 Å². The van der Waals surface area contributed by atoms with Crippen LogP contribution in [0.5, 0.6) is 11.5 Å². The molecule has 1 heterocycles. The van der Waals surface area contributed by atoms with Gasteiger partial charge >= 0.3 is 0 Å². The second-order valence-corrected chi connectivity index (χ2v) is 3.13. The third-order valence-electron chi connectivity index (χ3n) is 1.91. The van der Waals surface area contributed by atoms with Crippen LogP contribution in [0.4, 0.5) is 0 Å². The normalized spacial score (nSPS) is 11.7. The van der Waals surface area contributed by atoms with E-state index in [0.717, 1.165) is 0 Å². The summed E-state index contributed by atoms with van der Waals surface area (Å²) in [6.07, 6.45) is 0. The highest BCUT2D eigenvalue weighted by molar-refractivity contribution is 6.19. The highest BCUT2D eigenvalue weighted by Crippen LogP contribution is 2.28. The Hall–Kier alpha value is -1.73. The molecule has 0 fully saturated rings. The first-order valence-electron chi connectivity index (χ1n) is 4.50. The first kappa shape index (κ1) is 12.3. The summed E-state index contributed by atoms with van der Waals surface area (Å²) < 4.78 is 10.1. The lowest BCUT2D eigenvalue weighted by Gasteiger charge is -2.00. The van der Waals surface area contributed by atoms with Gasteiger partial charge in [0.05, 0.1) is 18.7 Å². The molecule has 4 nitrogen and oxygen atoms in total. The fraction of sp³-hybridized carbons (Fsp3) is 0.273. The lowest BCUT2D eigenvalue weighted by atomic mass is 10.1. The van der Waals surface area contributed by atoms with E-state index in [9.17, 15) is 4.79 Å². The van der Waals surface area contributed by atoms with Crippen molar-refractivity contribution >= 4 is 17.4 Å². The van der Waals surface area contributed by atoms with Gasteiger partial charge in [0.15, 0.2) is 6.61 Å². The first-order chi connectivity index (χ1) is 7.72. The summed E-state index contributed by atoms with van der Waals surface area (Å²) in [4.78, 5) is 11.1. The maximum Gasteiger partial charge on any atom is 0.203 e. The Bertz CT molecular complexity index is 426. The summed E-state index contributed by atoms with van der Waals surface area (Å²) in [6, 6.07) is 6.90. The van der Waals surface area contributed by atoms with E-state index in [0.29, 0.717) is 17.1 Å². The quantitative estimate of drug-likeness (QED) is 0.704. The topological polar surface area (TPSA) is 59.3 Å². The van der Waals surface area contributed by atoms with Crippen molar-refractivity contribution < 1.29 is 14.3 Å². The lowest BCUT2D eigenvalue weighted by molar-refractivity contribution is 0.0961. The minimum atomic E-state index is 0.0349. The van der Waals surface area contributed by atoms with E-state index in [2.05, 4.69) is 0 Å². The van der Waals surface area contributed by atoms with Crippen molar-refractivity contribution in [2.24, 2.45) is 0 Å². The Balaban J connectivity index is 0.000000280. The fourth-order valence-electron chi connectivity index (χ4n) is 1.20. The summed E-state index contributed by atoms with van der Waals surface area (Å²) >= 11 is 4.82. The number of alkyl halides is 1. The molecule has 0 radical (unpaired) electrons. The Kier molecular flexibility index (Phi) is 4.62. The lowest BCUT2D eigenvalue weighted by Crippen LogP contribution is -1.98. The number of nitriles is 1. The number of methoxy groups -OCH3 is 1. The van der Waals surface area contributed by atoms with Crippen molar-refractivity contribution in [1.82, 2.24) is 0 Å². The molecule has 1 aromatic carbocycles. The van der Waals surface area contributed by atoms with Gasteiger partial charge in [0.1, 0.15) is 17.4 Å². The average Bonchev–Trinajstić information content (AvgIpc) is 2.71. The third-order valence-corrected chi connectivity index (χ3v) is 2.03. The molecule has 0 amide bonds. The molecule has 5 heteroatoms. The zero-order valence-electron chi connectivity index (χ0n) is 8.70. The summed E-state index contributed by atoms with van der Waals surface area (Å²) in [7, 11) is 1.58. The van der Waals surface area contributed by atoms with Crippen molar-refractivity contribution in [3.05, 3.63) is 23.8 Å². The average molecular weight is 240 g/mol. The van der Waals surface area contributed by atoms with E-state index in [1.54, 1.807) is 31.4 Å². The van der Waals surface area contributed by atoms with Crippen LogP contribution < -0.4 is 9.47 Å². The van der Waals surface area contributed by atoms with Crippen LogP contribution in [0.15, 0.2) is 18.2 Å². The Morgan fingerprint density at radius 3 is 2.88 bits per heavy atom. The van der Waals surface area contributed by atoms with E-state index in [1.807, 2.05) is 0 Å². The molecule has 0 aromatic heterocycles. The van der Waals surface area contributed by atoms with Crippen molar-refractivity contribution in [1.29, 1.82) is 5.26 Å². The maximum absolute atomic E-state index is 11.1. The zero-order valence-corrected chi connectivity index (χ0v) is 9.45. The molecule has 0 N–H and O–H groups in total. The molecule has 2 rings (SSSR count). The molecule has 0 saturated heterocycles. The summed E-state index contributed by atoms with van der Waals surface area (Å²) in [5, 5.41) is 7.49. The van der Waals surface area contributed by atoms with Gasteiger partial charge in [-0.1, -0.05) is 0 Å². The molecule has 1 aliphatic rings. The zero-order chi connectivity index (χ0) is 12.0. The van der Waals surface area contributed by atoms with Gasteiger partial charge in [0, 0.05) is 6.07 Å². The number of Topliss-reactive ketones (excluding diaryl/α,β-unsaturated/α-hetero) is 1. The number of ether oxygens (including phenoxy) is 2. The van der Waals surface area contributed by atoms with Crippen LogP contribution in [-0.2, 0) is 0 Å². The Morgan fingerprint density at radius 1 is 1.62 bits per heavy atom. The molecule has 0 bridgehead atoms. The Labute approximate surface area is 98.3 Å². The number of nitrogens with zero attached hydrogens (tertiary/aromatic N) is 1. The minimum Gasteiger partial charge on any atom is -0.497 e. The first-order valence-corrected chi connectivity index (χ1v) is 5.03. The molecule has 1 aliphatic heterocycles. The van der Waals surface area contributed by atoms with Crippen LogP contribution in [0.25, 0.3) is 0 Å². The second kappa shape index (κ2) is 5.99. The van der Waals surface area contributed by atoms with Crippen LogP contribution in [-0.4, -0.2) is 25.4 Å². The molecule has 84 valence electrons. The van der Waals surface area contributed by atoms with Gasteiger partial charge in [-0.3, -0.25) is 4.79 Å². The Morgan fingerprint density at radius 2 is 2.31 bits per heavy atom. The standard InChI is InChI=1S/C9H8O3.C2H2ClN/c1-11-6-2-3-7-8(10)5-12-9(7)4-6;3-1-2-4/h2-4H,5H2,1H3;1H2. The smallest absolute Gasteiger partial charge is 0.203 e. The predicted octanol–water partition coefficient (Wildman–Crippen LogP) is 2.02. The SMILES string of the molecule is COc1ccc2c(c1)OCC2=O.N#CCCl. The third kappa shape index (κ3) is 2.88. The van der Waals surface area contributed by atoms with Gasteiger partial charge in [-0.15, -0.1) is 11.6 Å². The molecule has 0 saturated carbocycles.